The summed E-state index contributed by atoms with van der Waals surface area (Å²) < 4.78 is 1.04. The van der Waals surface area contributed by atoms with Crippen LogP contribution in [0, 0.1) is 0 Å². The molecule has 0 amide bonds. The maximum atomic E-state index is 11.6. The predicted octanol–water partition coefficient (Wildman–Crippen LogP) is -0.743. The molecule has 0 bridgehead atoms. The minimum Gasteiger partial charge on any atom is -0.396 e. The van der Waals surface area contributed by atoms with Crippen LogP contribution in [-0.4, -0.2) is 21.3 Å². The number of aliphatic hydroxyl groups excluding tert-OH is 1. The van der Waals surface area contributed by atoms with Crippen LogP contribution in [0.25, 0.3) is 0 Å². The number of rotatable bonds is 4. The Labute approximate surface area is 80.3 Å². The molecule has 1 heterocycles. The predicted molar refractivity (Wildman–Crippen MR) is 52.3 cm³/mol. The fourth-order valence-corrected chi connectivity index (χ4v) is 1.15. The lowest BCUT2D eigenvalue weighted by Crippen LogP contribution is -2.36. The Bertz CT molecular complexity index is 430. The van der Waals surface area contributed by atoms with Crippen LogP contribution in [0.15, 0.2) is 28.4 Å². The SMILES string of the molecule is C=CCn1c(=O)[nH]cc(CCO)c1=O. The summed E-state index contributed by atoms with van der Waals surface area (Å²) in [6.07, 6.45) is 3.05. The second-order valence-corrected chi connectivity index (χ2v) is 2.80. The van der Waals surface area contributed by atoms with Crippen LogP contribution >= 0.6 is 0 Å². The topological polar surface area (TPSA) is 75.1 Å². The van der Waals surface area contributed by atoms with Crippen LogP contribution in [0.3, 0.4) is 0 Å². The molecule has 14 heavy (non-hydrogen) atoms. The van der Waals surface area contributed by atoms with Crippen molar-refractivity contribution < 1.29 is 5.11 Å². The van der Waals surface area contributed by atoms with Crippen molar-refractivity contribution in [3.63, 3.8) is 0 Å². The molecule has 0 saturated carbocycles. The number of nitrogens with zero attached hydrogens (tertiary/aromatic N) is 1. The van der Waals surface area contributed by atoms with Crippen molar-refractivity contribution in [2.45, 2.75) is 13.0 Å². The monoisotopic (exact) mass is 196 g/mol. The molecule has 0 radical (unpaired) electrons. The van der Waals surface area contributed by atoms with Gasteiger partial charge in [0.1, 0.15) is 0 Å². The van der Waals surface area contributed by atoms with Gasteiger partial charge >= 0.3 is 5.69 Å². The van der Waals surface area contributed by atoms with Crippen LogP contribution in [-0.2, 0) is 13.0 Å². The van der Waals surface area contributed by atoms with Gasteiger partial charge < -0.3 is 10.1 Å². The van der Waals surface area contributed by atoms with E-state index in [1.54, 1.807) is 0 Å². The first-order chi connectivity index (χ1) is 6.70. The minimum atomic E-state index is -0.461. The summed E-state index contributed by atoms with van der Waals surface area (Å²) in [5, 5.41) is 8.67. The highest BCUT2D eigenvalue weighted by Gasteiger charge is 2.04. The average molecular weight is 196 g/mol. The zero-order valence-electron chi connectivity index (χ0n) is 7.69. The molecule has 0 aromatic carbocycles. The number of aromatic amines is 1. The normalized spacial score (nSPS) is 10.1. The Kier molecular flexibility index (Phi) is 3.41. The Morgan fingerprint density at radius 2 is 2.29 bits per heavy atom. The van der Waals surface area contributed by atoms with Crippen LogP contribution < -0.4 is 11.2 Å². The van der Waals surface area contributed by atoms with Crippen molar-refractivity contribution in [3.8, 4) is 0 Å². The molecular weight excluding hydrogens is 184 g/mol. The third-order valence-corrected chi connectivity index (χ3v) is 1.83. The average Bonchev–Trinajstić information content (AvgIpc) is 2.17. The summed E-state index contributed by atoms with van der Waals surface area (Å²) in [4.78, 5) is 25.2. The third-order valence-electron chi connectivity index (χ3n) is 1.83. The largest absolute Gasteiger partial charge is 0.396 e. The first kappa shape index (κ1) is 10.5. The minimum absolute atomic E-state index is 0.116. The van der Waals surface area contributed by atoms with Gasteiger partial charge in [-0.15, -0.1) is 6.58 Å². The number of aromatic nitrogens is 2. The first-order valence-electron chi connectivity index (χ1n) is 4.24. The van der Waals surface area contributed by atoms with Crippen molar-refractivity contribution >= 4 is 0 Å². The van der Waals surface area contributed by atoms with E-state index in [0.717, 1.165) is 4.57 Å². The van der Waals surface area contributed by atoms with E-state index in [-0.39, 0.29) is 25.1 Å². The summed E-state index contributed by atoms with van der Waals surface area (Å²) in [5.41, 5.74) is -0.437. The molecule has 1 aromatic heterocycles. The van der Waals surface area contributed by atoms with Crippen molar-refractivity contribution in [1.29, 1.82) is 0 Å². The molecule has 2 N–H and O–H groups in total. The summed E-state index contributed by atoms with van der Waals surface area (Å²) in [7, 11) is 0. The number of allylic oxidation sites excluding steroid dienone is 1. The van der Waals surface area contributed by atoms with Gasteiger partial charge in [0.2, 0.25) is 0 Å². The molecule has 0 spiro atoms. The van der Waals surface area contributed by atoms with Crippen LogP contribution in [0.2, 0.25) is 0 Å². The molecule has 0 aliphatic heterocycles. The van der Waals surface area contributed by atoms with E-state index >= 15 is 0 Å². The van der Waals surface area contributed by atoms with E-state index < -0.39 is 5.69 Å². The van der Waals surface area contributed by atoms with Gasteiger partial charge in [0.25, 0.3) is 5.56 Å². The van der Waals surface area contributed by atoms with Gasteiger partial charge in [0, 0.05) is 31.3 Å². The van der Waals surface area contributed by atoms with Gasteiger partial charge in [-0.1, -0.05) is 6.08 Å². The van der Waals surface area contributed by atoms with Crippen molar-refractivity contribution in [2.24, 2.45) is 0 Å². The highest BCUT2D eigenvalue weighted by molar-refractivity contribution is 5.05. The van der Waals surface area contributed by atoms with E-state index in [4.69, 9.17) is 5.11 Å². The van der Waals surface area contributed by atoms with Crippen LogP contribution in [0.5, 0.6) is 0 Å². The number of nitrogens with one attached hydrogen (secondary N) is 1. The van der Waals surface area contributed by atoms with Gasteiger partial charge in [0.05, 0.1) is 0 Å². The van der Waals surface area contributed by atoms with Crippen molar-refractivity contribution in [2.75, 3.05) is 6.61 Å². The first-order valence-corrected chi connectivity index (χ1v) is 4.24. The van der Waals surface area contributed by atoms with E-state index in [2.05, 4.69) is 11.6 Å². The quantitative estimate of drug-likeness (QED) is 0.623. The second kappa shape index (κ2) is 4.57. The Morgan fingerprint density at radius 3 is 2.86 bits per heavy atom. The zero-order chi connectivity index (χ0) is 10.6. The summed E-state index contributed by atoms with van der Waals surface area (Å²) in [6.45, 7) is 3.51. The van der Waals surface area contributed by atoms with Gasteiger partial charge in [-0.2, -0.15) is 0 Å². The standard InChI is InChI=1S/C9H12N2O3/c1-2-4-11-8(13)7(3-5-12)6-10-9(11)14/h2,6,12H,1,3-5H2,(H,10,14). The smallest absolute Gasteiger partial charge is 0.328 e. The number of hydrogen-bond acceptors (Lipinski definition) is 3. The number of H-pyrrole nitrogens is 1. The van der Waals surface area contributed by atoms with E-state index in [1.807, 2.05) is 0 Å². The lowest BCUT2D eigenvalue weighted by atomic mass is 10.2. The van der Waals surface area contributed by atoms with Gasteiger partial charge in [-0.3, -0.25) is 9.36 Å². The summed E-state index contributed by atoms with van der Waals surface area (Å²) in [5.74, 6) is 0. The molecule has 5 heteroatoms. The van der Waals surface area contributed by atoms with Crippen molar-refractivity contribution in [3.05, 3.63) is 45.3 Å². The Balaban J connectivity index is 3.26. The molecular formula is C9H12N2O3. The van der Waals surface area contributed by atoms with E-state index in [1.165, 1.54) is 12.3 Å². The fraction of sp³-hybridized carbons (Fsp3) is 0.333. The summed E-state index contributed by atoms with van der Waals surface area (Å²) in [6, 6.07) is 0. The molecule has 0 saturated heterocycles. The number of hydrogen-bond donors (Lipinski definition) is 2. The fourth-order valence-electron chi connectivity index (χ4n) is 1.15. The summed E-state index contributed by atoms with van der Waals surface area (Å²) >= 11 is 0. The molecule has 0 fully saturated rings. The van der Waals surface area contributed by atoms with Gasteiger partial charge in [0.15, 0.2) is 0 Å². The molecule has 0 atom stereocenters. The maximum Gasteiger partial charge on any atom is 0.328 e. The van der Waals surface area contributed by atoms with E-state index in [9.17, 15) is 9.59 Å². The number of aliphatic hydroxyl groups is 1. The molecule has 1 aromatic rings. The highest BCUT2D eigenvalue weighted by atomic mass is 16.3. The molecule has 0 aliphatic rings. The molecule has 1 rings (SSSR count). The molecule has 76 valence electrons. The Morgan fingerprint density at radius 1 is 1.57 bits per heavy atom. The van der Waals surface area contributed by atoms with Gasteiger partial charge in [-0.25, -0.2) is 4.79 Å². The maximum absolute atomic E-state index is 11.6. The third kappa shape index (κ3) is 2.00. The molecule has 5 nitrogen and oxygen atoms in total. The van der Waals surface area contributed by atoms with E-state index in [0.29, 0.717) is 5.56 Å². The van der Waals surface area contributed by atoms with Gasteiger partial charge in [-0.05, 0) is 0 Å². The molecule has 0 aliphatic carbocycles. The van der Waals surface area contributed by atoms with Crippen LogP contribution in [0.4, 0.5) is 0 Å². The lowest BCUT2D eigenvalue weighted by molar-refractivity contribution is 0.298. The lowest BCUT2D eigenvalue weighted by Gasteiger charge is -2.02. The highest BCUT2D eigenvalue weighted by Crippen LogP contribution is 1.87. The molecule has 0 unspecified atom stereocenters. The second-order valence-electron chi connectivity index (χ2n) is 2.80. The van der Waals surface area contributed by atoms with Crippen molar-refractivity contribution in [1.82, 2.24) is 9.55 Å². The zero-order valence-corrected chi connectivity index (χ0v) is 7.69. The van der Waals surface area contributed by atoms with Crippen LogP contribution in [0.1, 0.15) is 5.56 Å². The Hall–Kier alpha value is -1.62.